The number of pyridine rings is 1. The Hall–Kier alpha value is -5.96. The van der Waals surface area contributed by atoms with Crippen molar-refractivity contribution in [2.24, 2.45) is 12.8 Å². The van der Waals surface area contributed by atoms with Crippen LogP contribution in [0.2, 0.25) is 0 Å². The molecule has 0 spiro atoms. The van der Waals surface area contributed by atoms with Crippen LogP contribution in [0.3, 0.4) is 0 Å². The summed E-state index contributed by atoms with van der Waals surface area (Å²) < 4.78 is 11.6. The number of nitriles is 1. The number of hydrogen-bond donors (Lipinski definition) is 2. The van der Waals surface area contributed by atoms with Gasteiger partial charge in [-0.3, -0.25) is 4.90 Å². The second-order valence-electron chi connectivity index (χ2n) is 9.22. The SMILES string of the molecule is COC(=O)C1=C(C(=O)OC)N(c2cccc(-c3ccnc4c3c(C(=O)O)nn4C)c2)C(N)=C(C#N)C1c1ccccc1. The van der Waals surface area contributed by atoms with Gasteiger partial charge in [0.1, 0.15) is 11.5 Å². The second-order valence-corrected chi connectivity index (χ2v) is 9.22. The first kappa shape index (κ1) is 27.6. The van der Waals surface area contributed by atoms with Crippen LogP contribution in [0.5, 0.6) is 0 Å². The number of nitrogens with two attached hydrogens (primary N) is 1. The average Bonchev–Trinajstić information content (AvgIpc) is 3.36. The standard InChI is InChI=1S/C30H24N6O6/c1-35-27-22(24(34-35)28(37)38)19(12-13-33-27)17-10-7-11-18(14-17)36-25(30(40)42-3)23(29(39)41-2)21(20(15-31)26(36)32)16-8-5-4-6-9-16/h4-14,21H,32H2,1-3H3,(H,37,38). The minimum atomic E-state index is -1.22. The van der Waals surface area contributed by atoms with E-state index in [0.29, 0.717) is 33.4 Å². The molecule has 1 aliphatic heterocycles. The van der Waals surface area contributed by atoms with E-state index < -0.39 is 23.8 Å². The van der Waals surface area contributed by atoms with Gasteiger partial charge in [-0.2, -0.15) is 10.4 Å². The number of fused-ring (bicyclic) bond motifs is 1. The highest BCUT2D eigenvalue weighted by molar-refractivity contribution is 6.08. The number of hydrogen-bond acceptors (Lipinski definition) is 10. The van der Waals surface area contributed by atoms with Crippen LogP contribution < -0.4 is 10.6 Å². The molecule has 0 saturated heterocycles. The van der Waals surface area contributed by atoms with E-state index in [1.165, 1.54) is 30.0 Å². The Bertz CT molecular complexity index is 1870. The molecule has 0 radical (unpaired) electrons. The first-order valence-corrected chi connectivity index (χ1v) is 12.5. The lowest BCUT2D eigenvalue weighted by molar-refractivity contribution is -0.139. The minimum Gasteiger partial charge on any atom is -0.476 e. The highest BCUT2D eigenvalue weighted by Crippen LogP contribution is 2.44. The number of aryl methyl sites for hydroxylation is 1. The van der Waals surface area contributed by atoms with E-state index in [2.05, 4.69) is 16.2 Å². The molecule has 0 saturated carbocycles. The predicted octanol–water partition coefficient (Wildman–Crippen LogP) is 3.23. The van der Waals surface area contributed by atoms with Crippen molar-refractivity contribution in [3.8, 4) is 17.2 Å². The van der Waals surface area contributed by atoms with E-state index in [9.17, 15) is 24.8 Å². The summed E-state index contributed by atoms with van der Waals surface area (Å²) in [5.74, 6) is -4.05. The van der Waals surface area contributed by atoms with Crippen molar-refractivity contribution in [1.82, 2.24) is 14.8 Å². The van der Waals surface area contributed by atoms with E-state index >= 15 is 0 Å². The third-order valence-corrected chi connectivity index (χ3v) is 6.95. The number of carboxylic acids is 1. The first-order valence-electron chi connectivity index (χ1n) is 12.5. The summed E-state index contributed by atoms with van der Waals surface area (Å²) in [5, 5.41) is 24.5. The number of carbonyl (C=O) groups is 3. The maximum Gasteiger partial charge on any atom is 0.357 e. The number of nitrogens with zero attached hydrogens (tertiary/aromatic N) is 5. The summed E-state index contributed by atoms with van der Waals surface area (Å²) in [6.07, 6.45) is 1.53. The third-order valence-electron chi connectivity index (χ3n) is 6.95. The Morgan fingerprint density at radius 3 is 2.38 bits per heavy atom. The van der Waals surface area contributed by atoms with Gasteiger partial charge < -0.3 is 20.3 Å². The van der Waals surface area contributed by atoms with Crippen molar-refractivity contribution in [1.29, 1.82) is 5.26 Å². The molecular weight excluding hydrogens is 540 g/mol. The van der Waals surface area contributed by atoms with E-state index in [0.717, 1.165) is 0 Å². The fourth-order valence-corrected chi connectivity index (χ4v) is 5.16. The highest BCUT2D eigenvalue weighted by Gasteiger charge is 2.43. The summed E-state index contributed by atoms with van der Waals surface area (Å²) in [5.41, 5.74) is 8.35. The molecule has 2 aromatic carbocycles. The molecular formula is C30H24N6O6. The molecule has 12 heteroatoms. The Balaban J connectivity index is 1.79. The average molecular weight is 565 g/mol. The fourth-order valence-electron chi connectivity index (χ4n) is 5.16. The molecule has 5 rings (SSSR count). The summed E-state index contributed by atoms with van der Waals surface area (Å²) >= 11 is 0. The van der Waals surface area contributed by atoms with E-state index in [4.69, 9.17) is 15.2 Å². The van der Waals surface area contributed by atoms with Crippen molar-refractivity contribution >= 4 is 34.6 Å². The molecule has 4 aromatic rings. The van der Waals surface area contributed by atoms with Crippen LogP contribution in [-0.4, -0.2) is 52.0 Å². The van der Waals surface area contributed by atoms with Crippen molar-refractivity contribution < 1.29 is 29.0 Å². The number of esters is 2. The van der Waals surface area contributed by atoms with E-state index in [-0.39, 0.29) is 28.4 Å². The van der Waals surface area contributed by atoms with Gasteiger partial charge in [0.25, 0.3) is 0 Å². The molecule has 1 unspecified atom stereocenters. The maximum absolute atomic E-state index is 13.4. The molecule has 3 heterocycles. The third kappa shape index (κ3) is 4.39. The van der Waals surface area contributed by atoms with Crippen LogP contribution >= 0.6 is 0 Å². The monoisotopic (exact) mass is 564 g/mol. The molecule has 1 atom stereocenters. The molecule has 210 valence electrons. The number of aromatic nitrogens is 3. The number of allylic oxidation sites excluding steroid dienone is 1. The summed E-state index contributed by atoms with van der Waals surface area (Å²) in [6, 6.07) is 19.1. The van der Waals surface area contributed by atoms with E-state index in [1.807, 2.05) is 0 Å². The number of benzene rings is 2. The van der Waals surface area contributed by atoms with Gasteiger partial charge in [-0.15, -0.1) is 0 Å². The van der Waals surface area contributed by atoms with Crippen LogP contribution in [-0.2, 0) is 26.1 Å². The van der Waals surface area contributed by atoms with Crippen LogP contribution in [0.4, 0.5) is 5.69 Å². The number of methoxy groups -OCH3 is 2. The molecule has 0 bridgehead atoms. The van der Waals surface area contributed by atoms with Gasteiger partial charge in [0.2, 0.25) is 0 Å². The molecule has 1 aliphatic rings. The molecule has 0 amide bonds. The van der Waals surface area contributed by atoms with E-state index in [1.54, 1.807) is 67.7 Å². The van der Waals surface area contributed by atoms with Crippen molar-refractivity contribution in [2.45, 2.75) is 5.92 Å². The van der Waals surface area contributed by atoms with Gasteiger partial charge >= 0.3 is 17.9 Å². The van der Waals surface area contributed by atoms with Gasteiger partial charge in [-0.05, 0) is 34.9 Å². The maximum atomic E-state index is 13.4. The van der Waals surface area contributed by atoms with Crippen molar-refractivity contribution in [3.05, 3.63) is 101 Å². The quantitative estimate of drug-likeness (QED) is 0.329. The van der Waals surface area contributed by atoms with Crippen LogP contribution in [0.15, 0.2) is 89.5 Å². The Morgan fingerprint density at radius 2 is 1.74 bits per heavy atom. The lowest BCUT2D eigenvalue weighted by Crippen LogP contribution is -2.40. The number of carboxylic acid groups (broad SMARTS) is 1. The van der Waals surface area contributed by atoms with Gasteiger partial charge in [-0.1, -0.05) is 42.5 Å². The zero-order valence-corrected chi connectivity index (χ0v) is 22.7. The van der Waals surface area contributed by atoms with Crippen LogP contribution in [0.1, 0.15) is 22.0 Å². The summed E-state index contributed by atoms with van der Waals surface area (Å²) in [6.45, 7) is 0. The number of rotatable bonds is 6. The molecule has 2 aromatic heterocycles. The lowest BCUT2D eigenvalue weighted by atomic mass is 9.81. The number of aromatic carboxylic acids is 1. The van der Waals surface area contributed by atoms with Gasteiger partial charge in [0, 0.05) is 18.9 Å². The van der Waals surface area contributed by atoms with Gasteiger partial charge in [0.15, 0.2) is 11.3 Å². The zero-order chi connectivity index (χ0) is 30.1. The molecule has 3 N–H and O–H groups in total. The normalized spacial score (nSPS) is 15.0. The van der Waals surface area contributed by atoms with Crippen molar-refractivity contribution in [2.75, 3.05) is 19.1 Å². The summed E-state index contributed by atoms with van der Waals surface area (Å²) in [4.78, 5) is 44.2. The first-order chi connectivity index (χ1) is 20.2. The molecule has 12 nitrogen and oxygen atoms in total. The Morgan fingerprint density at radius 1 is 1.02 bits per heavy atom. The predicted molar refractivity (Wildman–Crippen MR) is 150 cm³/mol. The molecule has 0 fully saturated rings. The number of ether oxygens (including phenoxy) is 2. The summed E-state index contributed by atoms with van der Waals surface area (Å²) in [7, 11) is 3.93. The zero-order valence-electron chi connectivity index (χ0n) is 22.7. The Kier molecular flexibility index (Phi) is 7.16. The smallest absolute Gasteiger partial charge is 0.357 e. The highest BCUT2D eigenvalue weighted by atomic mass is 16.5. The van der Waals surface area contributed by atoms with Crippen LogP contribution in [0.25, 0.3) is 22.2 Å². The fraction of sp³-hybridized carbons (Fsp3) is 0.133. The minimum absolute atomic E-state index is 0.0198. The van der Waals surface area contributed by atoms with Gasteiger partial charge in [-0.25, -0.2) is 24.0 Å². The largest absolute Gasteiger partial charge is 0.476 e. The molecule has 42 heavy (non-hydrogen) atoms. The van der Waals surface area contributed by atoms with Gasteiger partial charge in [0.05, 0.1) is 42.7 Å². The Labute approximate surface area is 239 Å². The molecule has 0 aliphatic carbocycles. The topological polar surface area (TPSA) is 174 Å². The van der Waals surface area contributed by atoms with Crippen molar-refractivity contribution in [3.63, 3.8) is 0 Å². The van der Waals surface area contributed by atoms with Crippen LogP contribution in [0, 0.1) is 11.3 Å². The lowest BCUT2D eigenvalue weighted by Gasteiger charge is -2.36. The second kappa shape index (κ2) is 10.9. The number of anilines is 1. The number of carbonyl (C=O) groups excluding carboxylic acids is 2.